The van der Waals surface area contributed by atoms with Crippen LogP contribution >= 0.6 is 11.8 Å². The average Bonchev–Trinajstić information content (AvgIpc) is 2.66. The Kier molecular flexibility index (Phi) is 4.95. The van der Waals surface area contributed by atoms with Gasteiger partial charge in [-0.15, -0.1) is 0 Å². The molecule has 0 heterocycles. The summed E-state index contributed by atoms with van der Waals surface area (Å²) in [6.45, 7) is 0. The topological polar surface area (TPSA) is 83.5 Å². The van der Waals surface area contributed by atoms with Crippen molar-refractivity contribution in [3.63, 3.8) is 0 Å². The van der Waals surface area contributed by atoms with Gasteiger partial charge in [-0.25, -0.2) is 17.9 Å². The number of rotatable bonds is 6. The lowest BCUT2D eigenvalue weighted by atomic mass is 9.53. The molecule has 7 heteroatoms. The number of benzene rings is 2. The fourth-order valence-corrected chi connectivity index (χ4v) is 9.12. The van der Waals surface area contributed by atoms with Gasteiger partial charge in [0, 0.05) is 15.3 Å². The Morgan fingerprint density at radius 3 is 2.03 bits per heavy atom. The van der Waals surface area contributed by atoms with Crippen LogP contribution in [-0.4, -0.2) is 25.0 Å². The molecule has 0 saturated heterocycles. The molecule has 4 aliphatic carbocycles. The first-order valence-corrected chi connectivity index (χ1v) is 12.8. The average molecular weight is 444 g/mol. The van der Waals surface area contributed by atoms with Gasteiger partial charge in [0.15, 0.2) is 0 Å². The van der Waals surface area contributed by atoms with Crippen LogP contribution in [0.2, 0.25) is 0 Å². The van der Waals surface area contributed by atoms with Crippen molar-refractivity contribution in [2.45, 2.75) is 58.8 Å². The molecule has 0 aliphatic heterocycles. The number of sulfonamides is 1. The Hall–Kier alpha value is -1.83. The lowest BCUT2D eigenvalue weighted by Gasteiger charge is -2.56. The summed E-state index contributed by atoms with van der Waals surface area (Å²) in [7, 11) is -3.72. The van der Waals surface area contributed by atoms with E-state index in [9.17, 15) is 18.3 Å². The molecule has 2 aromatic rings. The lowest BCUT2D eigenvalue weighted by Crippen LogP contribution is -2.59. The highest BCUT2D eigenvalue weighted by molar-refractivity contribution is 8.00. The highest BCUT2D eigenvalue weighted by atomic mass is 32.2. The van der Waals surface area contributed by atoms with Crippen molar-refractivity contribution in [2.24, 2.45) is 17.8 Å². The highest BCUT2D eigenvalue weighted by Gasteiger charge is 2.52. The van der Waals surface area contributed by atoms with Gasteiger partial charge in [-0.05, 0) is 80.5 Å². The summed E-state index contributed by atoms with van der Waals surface area (Å²) < 4.78 is 30.1. The largest absolute Gasteiger partial charge is 0.478 e. The standard InChI is InChI=1S/C23H25NO4S2/c25-22(26)18-5-1-2-6-19(18)29-20-7-3-4-8-21(20)30(27,28)24-23-12-15-9-16(13-23)11-17(10-15)14-23/h1-8,15-17,24H,9-14H2,(H,25,26). The second-order valence-electron chi connectivity index (χ2n) is 9.15. The molecule has 4 aliphatic rings. The number of carbonyl (C=O) groups is 1. The third kappa shape index (κ3) is 3.67. The minimum atomic E-state index is -3.72. The van der Waals surface area contributed by atoms with Gasteiger partial charge in [-0.2, -0.15) is 0 Å². The van der Waals surface area contributed by atoms with Gasteiger partial charge in [0.05, 0.1) is 10.5 Å². The third-order valence-corrected chi connectivity index (χ3v) is 9.78. The van der Waals surface area contributed by atoms with E-state index >= 15 is 0 Å². The number of carboxylic acid groups (broad SMARTS) is 1. The second kappa shape index (κ2) is 7.39. The van der Waals surface area contributed by atoms with E-state index in [2.05, 4.69) is 4.72 Å². The van der Waals surface area contributed by atoms with Crippen LogP contribution in [0.3, 0.4) is 0 Å². The van der Waals surface area contributed by atoms with Crippen LogP contribution in [0.15, 0.2) is 63.2 Å². The van der Waals surface area contributed by atoms with E-state index in [1.165, 1.54) is 37.1 Å². The number of hydrogen-bond donors (Lipinski definition) is 2. The van der Waals surface area contributed by atoms with Crippen molar-refractivity contribution < 1.29 is 18.3 Å². The van der Waals surface area contributed by atoms with E-state index in [1.807, 2.05) is 0 Å². The molecule has 0 unspecified atom stereocenters. The summed E-state index contributed by atoms with van der Waals surface area (Å²) in [5.74, 6) is 0.910. The summed E-state index contributed by atoms with van der Waals surface area (Å²) in [4.78, 5) is 12.9. The van der Waals surface area contributed by atoms with E-state index in [1.54, 1.807) is 42.5 Å². The molecule has 0 aromatic heterocycles. The Labute approximate surface area is 181 Å². The second-order valence-corrected chi connectivity index (χ2v) is 11.9. The maximum absolute atomic E-state index is 13.5. The van der Waals surface area contributed by atoms with Crippen LogP contribution < -0.4 is 4.72 Å². The Bertz CT molecular complexity index is 1060. The van der Waals surface area contributed by atoms with Crippen LogP contribution in [0.1, 0.15) is 48.9 Å². The molecule has 0 atom stereocenters. The normalized spacial score (nSPS) is 29.8. The summed E-state index contributed by atoms with van der Waals surface area (Å²) in [5.41, 5.74) is -0.145. The Morgan fingerprint density at radius 2 is 1.43 bits per heavy atom. The van der Waals surface area contributed by atoms with E-state index in [4.69, 9.17) is 0 Å². The monoisotopic (exact) mass is 443 g/mol. The zero-order valence-electron chi connectivity index (χ0n) is 16.6. The molecule has 0 radical (unpaired) electrons. The molecule has 0 spiro atoms. The zero-order valence-corrected chi connectivity index (χ0v) is 18.2. The quantitative estimate of drug-likeness (QED) is 0.671. The van der Waals surface area contributed by atoms with Gasteiger partial charge in [-0.1, -0.05) is 36.0 Å². The SMILES string of the molecule is O=C(O)c1ccccc1Sc1ccccc1S(=O)(=O)NC12CC3CC(CC(C3)C1)C2. The molecule has 2 N–H and O–H groups in total. The van der Waals surface area contributed by atoms with Crippen LogP contribution in [0.25, 0.3) is 0 Å². The van der Waals surface area contributed by atoms with E-state index < -0.39 is 16.0 Å². The number of aromatic carboxylic acids is 1. The van der Waals surface area contributed by atoms with Gasteiger partial charge >= 0.3 is 5.97 Å². The van der Waals surface area contributed by atoms with Gasteiger partial charge in [-0.3, -0.25) is 0 Å². The molecular formula is C23H25NO4S2. The van der Waals surface area contributed by atoms with Crippen molar-refractivity contribution in [1.29, 1.82) is 0 Å². The van der Waals surface area contributed by atoms with Gasteiger partial charge < -0.3 is 5.11 Å². The van der Waals surface area contributed by atoms with Crippen LogP contribution in [0, 0.1) is 17.8 Å². The smallest absolute Gasteiger partial charge is 0.336 e. The number of nitrogens with one attached hydrogen (secondary N) is 1. The van der Waals surface area contributed by atoms with Crippen LogP contribution in [0.4, 0.5) is 0 Å². The summed E-state index contributed by atoms with van der Waals surface area (Å²) in [6.07, 6.45) is 6.57. The van der Waals surface area contributed by atoms with Crippen molar-refractivity contribution in [3.05, 3.63) is 54.1 Å². The maximum Gasteiger partial charge on any atom is 0.336 e. The van der Waals surface area contributed by atoms with Gasteiger partial charge in [0.2, 0.25) is 10.0 Å². The Balaban J connectivity index is 1.46. The van der Waals surface area contributed by atoms with E-state index in [0.717, 1.165) is 19.3 Å². The molecule has 30 heavy (non-hydrogen) atoms. The predicted molar refractivity (Wildman–Crippen MR) is 115 cm³/mol. The molecule has 158 valence electrons. The van der Waals surface area contributed by atoms with Crippen molar-refractivity contribution in [3.8, 4) is 0 Å². The molecule has 5 nitrogen and oxygen atoms in total. The van der Waals surface area contributed by atoms with Crippen LogP contribution in [0.5, 0.6) is 0 Å². The first kappa shape index (κ1) is 20.1. The minimum Gasteiger partial charge on any atom is -0.478 e. The molecule has 2 aromatic carbocycles. The fraction of sp³-hybridized carbons (Fsp3) is 0.435. The molecule has 4 saturated carbocycles. The predicted octanol–water partition coefficient (Wildman–Crippen LogP) is 4.78. The van der Waals surface area contributed by atoms with Gasteiger partial charge in [0.1, 0.15) is 0 Å². The van der Waals surface area contributed by atoms with Crippen molar-refractivity contribution in [1.82, 2.24) is 4.72 Å². The molecule has 6 rings (SSSR count). The highest BCUT2D eigenvalue weighted by Crippen LogP contribution is 2.56. The van der Waals surface area contributed by atoms with E-state index in [-0.39, 0.29) is 16.0 Å². The molecule has 4 bridgehead atoms. The van der Waals surface area contributed by atoms with Gasteiger partial charge in [0.25, 0.3) is 0 Å². The third-order valence-electron chi connectivity index (χ3n) is 6.87. The number of hydrogen-bond acceptors (Lipinski definition) is 4. The zero-order chi connectivity index (χ0) is 20.9. The summed E-state index contributed by atoms with van der Waals surface area (Å²) in [6, 6.07) is 13.6. The molecule has 4 fully saturated rings. The summed E-state index contributed by atoms with van der Waals surface area (Å²) in [5, 5.41) is 9.47. The number of carboxylic acids is 1. The first-order chi connectivity index (χ1) is 14.3. The first-order valence-electron chi connectivity index (χ1n) is 10.5. The lowest BCUT2D eigenvalue weighted by molar-refractivity contribution is -0.00812. The van der Waals surface area contributed by atoms with Crippen molar-refractivity contribution >= 4 is 27.8 Å². The summed E-state index contributed by atoms with van der Waals surface area (Å²) >= 11 is 1.19. The Morgan fingerprint density at radius 1 is 0.900 bits per heavy atom. The minimum absolute atomic E-state index is 0.170. The molecular weight excluding hydrogens is 418 g/mol. The van der Waals surface area contributed by atoms with Crippen LogP contribution in [-0.2, 0) is 10.0 Å². The van der Waals surface area contributed by atoms with E-state index in [0.29, 0.717) is 27.5 Å². The van der Waals surface area contributed by atoms with Crippen molar-refractivity contribution in [2.75, 3.05) is 0 Å². The fourth-order valence-electron chi connectivity index (χ4n) is 6.18. The maximum atomic E-state index is 13.5. The molecule has 0 amide bonds.